The summed E-state index contributed by atoms with van der Waals surface area (Å²) >= 11 is 1.82. The first-order valence-electron chi connectivity index (χ1n) is 6.53. The van der Waals surface area contributed by atoms with Crippen LogP contribution in [-0.4, -0.2) is 36.3 Å². The lowest BCUT2D eigenvalue weighted by atomic mass is 9.91. The van der Waals surface area contributed by atoms with Crippen molar-refractivity contribution in [2.75, 3.05) is 20.4 Å². The summed E-state index contributed by atoms with van der Waals surface area (Å²) in [5.41, 5.74) is 4.31. The van der Waals surface area contributed by atoms with Crippen LogP contribution in [0.15, 0.2) is 23.1 Å². The number of fused-ring (bicyclic) bond motifs is 3. The highest BCUT2D eigenvalue weighted by Crippen LogP contribution is 2.32. The van der Waals surface area contributed by atoms with Crippen molar-refractivity contribution in [1.29, 1.82) is 0 Å². The number of hydrogen-bond acceptors (Lipinski definition) is 2. The molecular formula is C15H20N2S. The molecule has 2 aromatic rings. The van der Waals surface area contributed by atoms with Crippen molar-refractivity contribution in [3.8, 4) is 0 Å². The van der Waals surface area contributed by atoms with E-state index in [2.05, 4.69) is 48.4 Å². The molecule has 1 aliphatic rings. The molecule has 1 aromatic carbocycles. The third kappa shape index (κ3) is 1.95. The number of aromatic nitrogens is 1. The van der Waals surface area contributed by atoms with Gasteiger partial charge in [-0.15, -0.1) is 11.8 Å². The Balaban J connectivity index is 2.08. The van der Waals surface area contributed by atoms with E-state index in [0.29, 0.717) is 6.04 Å². The molecule has 0 aliphatic heterocycles. The van der Waals surface area contributed by atoms with Gasteiger partial charge < -0.3 is 9.88 Å². The van der Waals surface area contributed by atoms with Crippen LogP contribution in [0, 0.1) is 0 Å². The van der Waals surface area contributed by atoms with Gasteiger partial charge in [0, 0.05) is 27.5 Å². The number of nitrogens with one attached hydrogen (secondary N) is 1. The van der Waals surface area contributed by atoms with Gasteiger partial charge in [0.05, 0.1) is 0 Å². The Labute approximate surface area is 113 Å². The molecule has 3 heteroatoms. The summed E-state index contributed by atoms with van der Waals surface area (Å²) in [5, 5.41) is 1.43. The fraction of sp³-hybridized carbons (Fsp3) is 0.467. The molecule has 0 amide bonds. The smallest absolute Gasteiger partial charge is 0.0459 e. The first-order valence-corrected chi connectivity index (χ1v) is 7.75. The van der Waals surface area contributed by atoms with Crippen molar-refractivity contribution in [2.45, 2.75) is 30.2 Å². The molecule has 3 rings (SSSR count). The van der Waals surface area contributed by atoms with E-state index >= 15 is 0 Å². The Morgan fingerprint density at radius 2 is 2.17 bits per heavy atom. The summed E-state index contributed by atoms with van der Waals surface area (Å²) < 4.78 is 0. The lowest BCUT2D eigenvalue weighted by Gasteiger charge is -2.28. The normalized spacial score (nSPS) is 19.4. The highest BCUT2D eigenvalue weighted by molar-refractivity contribution is 7.98. The third-order valence-corrected chi connectivity index (χ3v) is 4.82. The molecule has 0 fully saturated rings. The number of likely N-dealkylation sites (N-methyl/N-ethyl adjacent to an activating group) is 1. The highest BCUT2D eigenvalue weighted by Gasteiger charge is 2.23. The minimum Gasteiger partial charge on any atom is -0.358 e. The molecule has 1 heterocycles. The van der Waals surface area contributed by atoms with E-state index in [1.165, 1.54) is 40.8 Å². The number of benzene rings is 1. The summed E-state index contributed by atoms with van der Waals surface area (Å²) in [6.45, 7) is 0. The van der Waals surface area contributed by atoms with Gasteiger partial charge in [-0.25, -0.2) is 0 Å². The van der Waals surface area contributed by atoms with Crippen LogP contribution < -0.4 is 0 Å². The molecule has 2 nitrogen and oxygen atoms in total. The predicted molar refractivity (Wildman–Crippen MR) is 79.6 cm³/mol. The maximum absolute atomic E-state index is 3.60. The topological polar surface area (TPSA) is 19.0 Å². The Kier molecular flexibility index (Phi) is 3.12. The number of hydrogen-bond donors (Lipinski definition) is 1. The summed E-state index contributed by atoms with van der Waals surface area (Å²) in [4.78, 5) is 7.32. The summed E-state index contributed by atoms with van der Waals surface area (Å²) in [5.74, 6) is 0. The van der Waals surface area contributed by atoms with Crippen molar-refractivity contribution in [2.24, 2.45) is 0 Å². The van der Waals surface area contributed by atoms with E-state index in [0.717, 1.165) is 0 Å². The Hall–Kier alpha value is -0.930. The molecule has 0 radical (unpaired) electrons. The quantitative estimate of drug-likeness (QED) is 0.835. The fourth-order valence-corrected chi connectivity index (χ4v) is 3.39. The van der Waals surface area contributed by atoms with Gasteiger partial charge in [0.2, 0.25) is 0 Å². The minimum absolute atomic E-state index is 0.689. The highest BCUT2D eigenvalue weighted by atomic mass is 32.2. The van der Waals surface area contributed by atoms with Crippen molar-refractivity contribution in [1.82, 2.24) is 9.88 Å². The molecule has 0 bridgehead atoms. The van der Waals surface area contributed by atoms with E-state index in [1.807, 2.05) is 11.8 Å². The Morgan fingerprint density at radius 1 is 1.33 bits per heavy atom. The van der Waals surface area contributed by atoms with Crippen LogP contribution in [0.25, 0.3) is 10.9 Å². The average Bonchev–Trinajstić information content (AvgIpc) is 2.75. The zero-order chi connectivity index (χ0) is 12.7. The van der Waals surface area contributed by atoms with Gasteiger partial charge >= 0.3 is 0 Å². The number of aryl methyl sites for hydroxylation is 1. The van der Waals surface area contributed by atoms with Gasteiger partial charge in [0.1, 0.15) is 0 Å². The molecule has 0 saturated carbocycles. The monoisotopic (exact) mass is 260 g/mol. The van der Waals surface area contributed by atoms with Gasteiger partial charge in [0.25, 0.3) is 0 Å². The molecule has 96 valence electrons. The van der Waals surface area contributed by atoms with Crippen LogP contribution in [-0.2, 0) is 12.8 Å². The molecule has 18 heavy (non-hydrogen) atoms. The van der Waals surface area contributed by atoms with Crippen molar-refractivity contribution >= 4 is 22.7 Å². The predicted octanol–water partition coefficient (Wildman–Crippen LogP) is 3.31. The molecule has 1 aromatic heterocycles. The summed E-state index contributed by atoms with van der Waals surface area (Å²) in [7, 11) is 4.38. The zero-order valence-electron chi connectivity index (χ0n) is 11.3. The van der Waals surface area contributed by atoms with Gasteiger partial charge in [-0.2, -0.15) is 0 Å². The second kappa shape index (κ2) is 4.63. The molecule has 1 unspecified atom stereocenters. The largest absolute Gasteiger partial charge is 0.358 e. The van der Waals surface area contributed by atoms with Crippen molar-refractivity contribution in [3.05, 3.63) is 29.5 Å². The van der Waals surface area contributed by atoms with E-state index in [-0.39, 0.29) is 0 Å². The molecule has 0 saturated heterocycles. The van der Waals surface area contributed by atoms with Crippen LogP contribution in [0.2, 0.25) is 0 Å². The molecule has 1 atom stereocenters. The molecule has 1 aliphatic carbocycles. The minimum atomic E-state index is 0.689. The van der Waals surface area contributed by atoms with Gasteiger partial charge in [-0.1, -0.05) is 0 Å². The standard InChI is InChI=1S/C15H20N2S/c1-17(2)10-4-6-14-12(8-10)13-9-11(18-3)5-7-15(13)16-14/h5,7,9-10,16H,4,6,8H2,1-3H3. The number of rotatable bonds is 2. The second-order valence-electron chi connectivity index (χ2n) is 5.35. The lowest BCUT2D eigenvalue weighted by Crippen LogP contribution is -2.33. The van der Waals surface area contributed by atoms with Gasteiger partial charge in [0.15, 0.2) is 0 Å². The van der Waals surface area contributed by atoms with Crippen molar-refractivity contribution in [3.63, 3.8) is 0 Å². The second-order valence-corrected chi connectivity index (χ2v) is 6.23. The lowest BCUT2D eigenvalue weighted by molar-refractivity contribution is 0.268. The van der Waals surface area contributed by atoms with Crippen LogP contribution in [0.5, 0.6) is 0 Å². The van der Waals surface area contributed by atoms with Crippen molar-refractivity contribution < 1.29 is 0 Å². The SMILES string of the molecule is CSc1ccc2[nH]c3c(c2c1)CC(N(C)C)CC3. The third-order valence-electron chi connectivity index (χ3n) is 4.10. The number of thioether (sulfide) groups is 1. The Morgan fingerprint density at radius 3 is 2.89 bits per heavy atom. The van der Waals surface area contributed by atoms with Gasteiger partial charge in [-0.05, 0) is 63.4 Å². The Bertz CT molecular complexity index is 571. The summed E-state index contributed by atoms with van der Waals surface area (Å²) in [6.07, 6.45) is 5.77. The first kappa shape index (κ1) is 12.1. The maximum Gasteiger partial charge on any atom is 0.0459 e. The van der Waals surface area contributed by atoms with Gasteiger partial charge in [-0.3, -0.25) is 0 Å². The van der Waals surface area contributed by atoms with E-state index in [9.17, 15) is 0 Å². The maximum atomic E-state index is 3.60. The molecular weight excluding hydrogens is 240 g/mol. The number of aromatic amines is 1. The number of H-pyrrole nitrogens is 1. The number of nitrogens with zero attached hydrogens (tertiary/aromatic N) is 1. The zero-order valence-corrected chi connectivity index (χ0v) is 12.1. The van der Waals surface area contributed by atoms with E-state index < -0.39 is 0 Å². The van der Waals surface area contributed by atoms with Crippen LogP contribution in [0.4, 0.5) is 0 Å². The summed E-state index contributed by atoms with van der Waals surface area (Å²) in [6, 6.07) is 7.46. The van der Waals surface area contributed by atoms with Crippen LogP contribution in [0.1, 0.15) is 17.7 Å². The van der Waals surface area contributed by atoms with E-state index in [1.54, 1.807) is 5.56 Å². The fourth-order valence-electron chi connectivity index (χ4n) is 2.95. The molecule has 0 spiro atoms. The first-order chi connectivity index (χ1) is 8.69. The average molecular weight is 260 g/mol. The molecule has 1 N–H and O–H groups in total. The van der Waals surface area contributed by atoms with Crippen LogP contribution in [0.3, 0.4) is 0 Å². The van der Waals surface area contributed by atoms with Crippen LogP contribution >= 0.6 is 11.8 Å². The van der Waals surface area contributed by atoms with E-state index in [4.69, 9.17) is 0 Å².